The Hall–Kier alpha value is -3.13. The zero-order valence-corrected chi connectivity index (χ0v) is 17.8. The molecule has 1 aromatic heterocycles. The smallest absolute Gasteiger partial charge is 0.279 e. The predicted octanol–water partition coefficient (Wildman–Crippen LogP) is 2.06. The van der Waals surface area contributed by atoms with Crippen molar-refractivity contribution in [2.45, 2.75) is 11.4 Å². The van der Waals surface area contributed by atoms with Crippen LogP contribution in [0.1, 0.15) is 10.4 Å². The number of aromatic nitrogens is 1. The van der Waals surface area contributed by atoms with Crippen molar-refractivity contribution in [1.82, 2.24) is 8.87 Å². The standard InChI is InChI=1S/C20H17N3O5S2/c1-4-9-23-15-10-16-17(28-12-27-16)11-18(15)29-20(23)21-19(24)13-5-7-14(8-6-13)30(25,26)22(2)3/h1,5-8,10-11H,9,12H2,2-3H3. The monoisotopic (exact) mass is 443 g/mol. The summed E-state index contributed by atoms with van der Waals surface area (Å²) in [5.41, 5.74) is 1.06. The Bertz CT molecular complexity index is 1360. The fraction of sp³-hybridized carbons (Fsp3) is 0.200. The third kappa shape index (κ3) is 3.47. The molecule has 0 radical (unpaired) electrons. The van der Waals surface area contributed by atoms with Gasteiger partial charge in [-0.15, -0.1) is 6.42 Å². The zero-order valence-electron chi connectivity index (χ0n) is 16.2. The lowest BCUT2D eigenvalue weighted by Crippen LogP contribution is -2.22. The number of thiazole rings is 1. The van der Waals surface area contributed by atoms with Crippen molar-refractivity contribution >= 4 is 37.5 Å². The number of nitrogens with zero attached hydrogens (tertiary/aromatic N) is 3. The normalized spacial score (nSPS) is 13.7. The predicted molar refractivity (Wildman–Crippen MR) is 112 cm³/mol. The van der Waals surface area contributed by atoms with Gasteiger partial charge in [-0.05, 0) is 24.3 Å². The quantitative estimate of drug-likeness (QED) is 0.576. The number of benzene rings is 2. The van der Waals surface area contributed by atoms with Crippen molar-refractivity contribution in [2.75, 3.05) is 20.9 Å². The van der Waals surface area contributed by atoms with Crippen molar-refractivity contribution in [1.29, 1.82) is 0 Å². The van der Waals surface area contributed by atoms with E-state index in [2.05, 4.69) is 10.9 Å². The van der Waals surface area contributed by atoms with Crippen molar-refractivity contribution in [3.8, 4) is 23.8 Å². The second kappa shape index (κ2) is 7.60. The van der Waals surface area contributed by atoms with E-state index in [0.29, 0.717) is 16.3 Å². The topological polar surface area (TPSA) is 90.2 Å². The molecule has 10 heteroatoms. The largest absolute Gasteiger partial charge is 0.454 e. The first-order valence-corrected chi connectivity index (χ1v) is 11.0. The Labute approximate surface area is 177 Å². The summed E-state index contributed by atoms with van der Waals surface area (Å²) in [5.74, 6) is 3.32. The first-order valence-electron chi connectivity index (χ1n) is 8.79. The Morgan fingerprint density at radius 3 is 2.53 bits per heavy atom. The molecule has 0 saturated carbocycles. The summed E-state index contributed by atoms with van der Waals surface area (Å²) < 4.78 is 38.9. The zero-order chi connectivity index (χ0) is 21.5. The van der Waals surface area contributed by atoms with E-state index in [1.54, 1.807) is 4.57 Å². The summed E-state index contributed by atoms with van der Waals surface area (Å²) >= 11 is 1.31. The van der Waals surface area contributed by atoms with E-state index in [4.69, 9.17) is 15.9 Å². The number of amides is 1. The minimum atomic E-state index is -3.57. The highest BCUT2D eigenvalue weighted by Crippen LogP contribution is 2.36. The third-order valence-corrected chi connectivity index (χ3v) is 7.37. The molecule has 0 unspecified atom stereocenters. The lowest BCUT2D eigenvalue weighted by molar-refractivity contribution is 0.0998. The van der Waals surface area contributed by atoms with Gasteiger partial charge in [0.05, 0.1) is 21.7 Å². The summed E-state index contributed by atoms with van der Waals surface area (Å²) in [4.78, 5) is 17.5. The van der Waals surface area contributed by atoms with Crippen LogP contribution in [-0.2, 0) is 16.6 Å². The van der Waals surface area contributed by atoms with Crippen LogP contribution in [0, 0.1) is 12.3 Å². The van der Waals surface area contributed by atoms with Gasteiger partial charge in [0.1, 0.15) is 0 Å². The number of terminal acetylenes is 1. The second-order valence-corrected chi connectivity index (χ2v) is 9.74. The first kappa shape index (κ1) is 20.2. The van der Waals surface area contributed by atoms with Gasteiger partial charge in [0.2, 0.25) is 16.8 Å². The Balaban J connectivity index is 1.75. The van der Waals surface area contributed by atoms with Crippen molar-refractivity contribution in [3.05, 3.63) is 46.8 Å². The van der Waals surface area contributed by atoms with Gasteiger partial charge in [0.25, 0.3) is 5.91 Å². The highest BCUT2D eigenvalue weighted by atomic mass is 32.2. The van der Waals surface area contributed by atoms with E-state index in [1.807, 2.05) is 12.1 Å². The number of sulfonamides is 1. The van der Waals surface area contributed by atoms with E-state index in [-0.39, 0.29) is 23.8 Å². The maximum atomic E-state index is 12.7. The molecule has 0 fully saturated rings. The molecular weight excluding hydrogens is 426 g/mol. The van der Waals surface area contributed by atoms with Crippen LogP contribution >= 0.6 is 11.3 Å². The molecule has 0 bridgehead atoms. The minimum Gasteiger partial charge on any atom is -0.454 e. The van der Waals surface area contributed by atoms with E-state index in [9.17, 15) is 13.2 Å². The highest BCUT2D eigenvalue weighted by molar-refractivity contribution is 7.89. The molecule has 1 aliphatic heterocycles. The van der Waals surface area contributed by atoms with Crippen LogP contribution in [0.5, 0.6) is 11.5 Å². The molecule has 3 aromatic rings. The molecule has 0 spiro atoms. The van der Waals surface area contributed by atoms with Crippen molar-refractivity contribution in [3.63, 3.8) is 0 Å². The molecule has 0 saturated heterocycles. The molecule has 30 heavy (non-hydrogen) atoms. The van der Waals surface area contributed by atoms with E-state index in [1.165, 1.54) is 49.7 Å². The summed E-state index contributed by atoms with van der Waals surface area (Å²) in [6.45, 7) is 0.392. The fourth-order valence-electron chi connectivity index (χ4n) is 2.92. The SMILES string of the molecule is C#CCn1c(=NC(=O)c2ccc(S(=O)(=O)N(C)C)cc2)sc2cc3c(cc21)OCO3. The number of rotatable bonds is 4. The summed E-state index contributed by atoms with van der Waals surface area (Å²) in [6, 6.07) is 9.31. The number of carbonyl (C=O) groups excluding carboxylic acids is 1. The molecule has 4 rings (SSSR count). The van der Waals surface area contributed by atoms with Crippen LogP contribution in [0.25, 0.3) is 10.2 Å². The maximum Gasteiger partial charge on any atom is 0.279 e. The maximum absolute atomic E-state index is 12.7. The van der Waals surface area contributed by atoms with Crippen molar-refractivity contribution < 1.29 is 22.7 Å². The van der Waals surface area contributed by atoms with Gasteiger partial charge < -0.3 is 14.0 Å². The number of fused-ring (bicyclic) bond motifs is 2. The van der Waals surface area contributed by atoms with Crippen LogP contribution in [0.2, 0.25) is 0 Å². The molecule has 154 valence electrons. The van der Waals surface area contributed by atoms with E-state index >= 15 is 0 Å². The molecule has 2 aromatic carbocycles. The molecule has 0 aliphatic carbocycles. The first-order chi connectivity index (χ1) is 14.3. The molecule has 1 amide bonds. The lowest BCUT2D eigenvalue weighted by Gasteiger charge is -2.11. The lowest BCUT2D eigenvalue weighted by atomic mass is 10.2. The van der Waals surface area contributed by atoms with Gasteiger partial charge in [-0.1, -0.05) is 17.3 Å². The third-order valence-electron chi connectivity index (χ3n) is 4.50. The number of carbonyl (C=O) groups is 1. The number of ether oxygens (including phenoxy) is 2. The van der Waals surface area contributed by atoms with Gasteiger partial charge in [0, 0.05) is 31.8 Å². The van der Waals surface area contributed by atoms with Crippen LogP contribution in [0.3, 0.4) is 0 Å². The van der Waals surface area contributed by atoms with Crippen LogP contribution < -0.4 is 14.3 Å². The average Bonchev–Trinajstić information content (AvgIpc) is 3.30. The van der Waals surface area contributed by atoms with E-state index < -0.39 is 15.9 Å². The fourth-order valence-corrected chi connectivity index (χ4v) is 4.86. The van der Waals surface area contributed by atoms with Gasteiger partial charge in [-0.2, -0.15) is 4.99 Å². The molecule has 8 nitrogen and oxygen atoms in total. The van der Waals surface area contributed by atoms with Crippen molar-refractivity contribution in [2.24, 2.45) is 4.99 Å². The molecule has 0 atom stereocenters. The summed E-state index contributed by atoms with van der Waals surface area (Å²) in [5, 5.41) is 0. The molecule has 2 heterocycles. The van der Waals surface area contributed by atoms with Crippen LogP contribution in [0.15, 0.2) is 46.3 Å². The Morgan fingerprint density at radius 2 is 1.90 bits per heavy atom. The van der Waals surface area contributed by atoms with Gasteiger partial charge in [0.15, 0.2) is 16.3 Å². The second-order valence-electron chi connectivity index (χ2n) is 6.58. The molecule has 0 N–H and O–H groups in total. The van der Waals surface area contributed by atoms with Gasteiger partial charge >= 0.3 is 0 Å². The Morgan fingerprint density at radius 1 is 1.23 bits per heavy atom. The van der Waals surface area contributed by atoms with E-state index in [0.717, 1.165) is 14.5 Å². The molecular formula is C20H17N3O5S2. The van der Waals surface area contributed by atoms with Gasteiger partial charge in [-0.25, -0.2) is 12.7 Å². The van der Waals surface area contributed by atoms with Crippen LogP contribution in [-0.4, -0.2) is 44.1 Å². The van der Waals surface area contributed by atoms with Gasteiger partial charge in [-0.3, -0.25) is 4.79 Å². The minimum absolute atomic E-state index is 0.0998. The summed E-state index contributed by atoms with van der Waals surface area (Å²) in [7, 11) is -0.680. The number of hydrogen-bond donors (Lipinski definition) is 0. The average molecular weight is 444 g/mol. The van der Waals surface area contributed by atoms with Crippen LogP contribution in [0.4, 0.5) is 0 Å². The molecule has 1 aliphatic rings. The summed E-state index contributed by atoms with van der Waals surface area (Å²) in [6.07, 6.45) is 5.51. The highest BCUT2D eigenvalue weighted by Gasteiger charge is 2.19. The Kier molecular flexibility index (Phi) is 5.11. The number of hydrogen-bond acceptors (Lipinski definition) is 6.